The molecule has 434 valence electrons. The van der Waals surface area contributed by atoms with E-state index in [0.29, 0.717) is 38.5 Å². The molecule has 8 fully saturated rings. The molecule has 4 saturated heterocycles. The highest BCUT2D eigenvalue weighted by atomic mass is 16.8. The van der Waals surface area contributed by atoms with Crippen molar-refractivity contribution in [3.05, 3.63) is 11.6 Å². The molecule has 0 aromatic heterocycles. The molecular weight excluding hydrogens is 989 g/mol. The van der Waals surface area contributed by atoms with E-state index in [1.54, 1.807) is 0 Å². The Kier molecular flexibility index (Phi) is 18.1. The molecule has 0 aromatic carbocycles. The summed E-state index contributed by atoms with van der Waals surface area (Å²) in [5, 5.41) is 151. The molecule has 3 unspecified atom stereocenters. The molecule has 0 bridgehead atoms. The van der Waals surface area contributed by atoms with E-state index in [9.17, 15) is 71.5 Å². The second kappa shape index (κ2) is 22.7. The Balaban J connectivity index is 1.01. The molecule has 0 radical (unpaired) electrons. The lowest BCUT2D eigenvalue weighted by Gasteiger charge is -2.71. The number of aliphatic hydroxyl groups is 14. The molecule has 4 aliphatic heterocycles. The van der Waals surface area contributed by atoms with Crippen molar-refractivity contribution in [3.8, 4) is 0 Å². The summed E-state index contributed by atoms with van der Waals surface area (Å²) in [4.78, 5) is 0. The van der Waals surface area contributed by atoms with Gasteiger partial charge in [0.2, 0.25) is 0 Å². The number of rotatable bonds is 15. The summed E-state index contributed by atoms with van der Waals surface area (Å²) in [6.07, 6.45) is -22.6. The fourth-order valence-corrected chi connectivity index (χ4v) is 16.0. The number of ether oxygens (including phenoxy) is 8. The van der Waals surface area contributed by atoms with Crippen molar-refractivity contribution < 1.29 is 109 Å². The minimum atomic E-state index is -1.81. The highest BCUT2D eigenvalue weighted by Gasteiger charge is 2.72. The Morgan fingerprint density at radius 2 is 1.16 bits per heavy atom. The zero-order valence-electron chi connectivity index (χ0n) is 44.7. The van der Waals surface area contributed by atoms with Crippen LogP contribution in [-0.4, -0.2) is 232 Å². The van der Waals surface area contributed by atoms with Crippen LogP contribution >= 0.6 is 0 Å². The quantitative estimate of drug-likeness (QED) is 0.0651. The number of aliphatic hydroxyl groups excluding tert-OH is 14. The Labute approximate surface area is 439 Å². The van der Waals surface area contributed by atoms with Crippen LogP contribution in [0.5, 0.6) is 0 Å². The molecular formula is C53H90O22. The molecule has 0 amide bonds. The zero-order chi connectivity index (χ0) is 55.1. The van der Waals surface area contributed by atoms with Gasteiger partial charge in [-0.3, -0.25) is 0 Å². The van der Waals surface area contributed by atoms with Crippen LogP contribution in [-0.2, 0) is 37.9 Å². The first-order valence-electron chi connectivity index (χ1n) is 27.3. The zero-order valence-corrected chi connectivity index (χ0v) is 44.7. The van der Waals surface area contributed by atoms with Crippen LogP contribution in [0.25, 0.3) is 0 Å². The van der Waals surface area contributed by atoms with E-state index >= 15 is 0 Å². The van der Waals surface area contributed by atoms with Gasteiger partial charge in [0.1, 0.15) is 91.6 Å². The maximum Gasteiger partial charge on any atom is 0.187 e. The van der Waals surface area contributed by atoms with Gasteiger partial charge in [-0.05, 0) is 124 Å². The van der Waals surface area contributed by atoms with Crippen molar-refractivity contribution in [1.29, 1.82) is 0 Å². The Bertz CT molecular complexity index is 1940. The molecule has 4 heterocycles. The largest absolute Gasteiger partial charge is 0.394 e. The van der Waals surface area contributed by atoms with Crippen molar-refractivity contribution in [2.24, 2.45) is 45.3 Å². The SMILES string of the molecule is CC(C)=CCC[C@@](C)(O[C@H]1O[C@@H](CO[C@H]2OC[C@@H](O)[C@@H](O)[C@@H]2O)[C@H](O)[C@@H](O)[C@@H]1O)[C@@H]1CC[C@@]2(C)C1[C@@H](O)CC1[C@]3(C)CC[C@@H](O[C@H]4O[C@@H](CO)[C@H](O)[C@@H](O)[C@@H]4O[C@H]4O[C@@H](CO)[C@H](O)[C@@H](O)[C@@H]4O)C(C)(C)C3CC[C@@]12C. The number of fused-ring (bicyclic) bond motifs is 5. The third-order valence-corrected chi connectivity index (χ3v) is 20.5. The molecule has 29 atom stereocenters. The molecule has 8 rings (SSSR count). The van der Waals surface area contributed by atoms with Crippen molar-refractivity contribution in [3.63, 3.8) is 0 Å². The van der Waals surface area contributed by atoms with Gasteiger partial charge < -0.3 is 109 Å². The predicted molar refractivity (Wildman–Crippen MR) is 260 cm³/mol. The highest BCUT2D eigenvalue weighted by molar-refractivity contribution is 5.20. The van der Waals surface area contributed by atoms with Gasteiger partial charge in [0, 0.05) is 0 Å². The van der Waals surface area contributed by atoms with Crippen molar-refractivity contribution in [2.75, 3.05) is 26.4 Å². The first-order chi connectivity index (χ1) is 35.1. The van der Waals surface area contributed by atoms with Gasteiger partial charge in [0.25, 0.3) is 0 Å². The molecule has 4 saturated carbocycles. The van der Waals surface area contributed by atoms with Gasteiger partial charge in [0.15, 0.2) is 25.2 Å². The first kappa shape index (κ1) is 60.0. The van der Waals surface area contributed by atoms with Crippen molar-refractivity contribution in [1.82, 2.24) is 0 Å². The Morgan fingerprint density at radius 3 is 1.80 bits per heavy atom. The topological polar surface area (TPSA) is 357 Å². The fraction of sp³-hybridized carbons (Fsp3) is 0.962. The fourth-order valence-electron chi connectivity index (χ4n) is 16.0. The molecule has 0 spiro atoms. The lowest BCUT2D eigenvalue weighted by Crippen LogP contribution is -2.68. The Hall–Kier alpha value is -1.14. The van der Waals surface area contributed by atoms with Crippen LogP contribution in [0, 0.1) is 45.3 Å². The van der Waals surface area contributed by atoms with Gasteiger partial charge in [-0.1, -0.05) is 46.3 Å². The van der Waals surface area contributed by atoms with Crippen LogP contribution in [0.1, 0.15) is 113 Å². The van der Waals surface area contributed by atoms with Crippen molar-refractivity contribution in [2.45, 2.75) is 248 Å². The van der Waals surface area contributed by atoms with Crippen molar-refractivity contribution >= 4 is 0 Å². The summed E-state index contributed by atoms with van der Waals surface area (Å²) in [6, 6.07) is 0. The smallest absolute Gasteiger partial charge is 0.187 e. The molecule has 75 heavy (non-hydrogen) atoms. The van der Waals surface area contributed by atoms with Crippen LogP contribution in [0.3, 0.4) is 0 Å². The summed E-state index contributed by atoms with van der Waals surface area (Å²) < 4.78 is 48.8. The number of hydrogen-bond acceptors (Lipinski definition) is 22. The van der Waals surface area contributed by atoms with Crippen LogP contribution < -0.4 is 0 Å². The van der Waals surface area contributed by atoms with Gasteiger partial charge in [-0.15, -0.1) is 0 Å². The van der Waals surface area contributed by atoms with Gasteiger partial charge in [0.05, 0.1) is 44.2 Å². The normalized spacial score (nSPS) is 52.7. The lowest BCUT2D eigenvalue weighted by molar-refractivity contribution is -0.378. The van der Waals surface area contributed by atoms with E-state index in [1.807, 2.05) is 20.8 Å². The third kappa shape index (κ3) is 10.6. The van der Waals surface area contributed by atoms with E-state index in [1.165, 1.54) is 0 Å². The molecule has 8 aliphatic rings. The second-order valence-corrected chi connectivity index (χ2v) is 25.3. The summed E-state index contributed by atoms with van der Waals surface area (Å²) >= 11 is 0. The van der Waals surface area contributed by atoms with E-state index in [2.05, 4.69) is 40.7 Å². The first-order valence-corrected chi connectivity index (χ1v) is 27.3. The number of hydrogen-bond donors (Lipinski definition) is 14. The van der Waals surface area contributed by atoms with E-state index in [-0.39, 0.29) is 41.1 Å². The van der Waals surface area contributed by atoms with Crippen LogP contribution in [0.2, 0.25) is 0 Å². The minimum Gasteiger partial charge on any atom is -0.394 e. The summed E-state index contributed by atoms with van der Waals surface area (Å²) in [5.74, 6) is -0.395. The summed E-state index contributed by atoms with van der Waals surface area (Å²) in [7, 11) is 0. The second-order valence-electron chi connectivity index (χ2n) is 25.3. The highest BCUT2D eigenvalue weighted by Crippen LogP contribution is 2.76. The maximum absolute atomic E-state index is 12.8. The van der Waals surface area contributed by atoms with E-state index in [0.717, 1.165) is 24.8 Å². The lowest BCUT2D eigenvalue weighted by atomic mass is 9.35. The maximum atomic E-state index is 12.8. The third-order valence-electron chi connectivity index (χ3n) is 20.5. The predicted octanol–water partition coefficient (Wildman–Crippen LogP) is -1.56. The van der Waals surface area contributed by atoms with Gasteiger partial charge >= 0.3 is 0 Å². The standard InChI is InChI=1S/C53H90O22/c1-23(2)10-9-14-53(8,75-47-43(67)39(63)37(61)29(72-47)22-69-45-41(65)34(58)26(57)21-68-45)24-11-16-52(7)33(24)25(56)18-31-50(5)15-13-32(49(3,4)30(50)12-17-51(31,52)6)73-48-44(40(64)36(60)28(20-55)71-48)74-46-42(66)38(62)35(59)27(19-54)70-46/h10,24-48,54-67H,9,11-22H2,1-8H3/t24-,25+,26-,27+,28+,29+,30?,31?,32-,33?,34-,35+,36+,37+,38-,39-,40-,41+,42+,43+,44+,45-,46-,47-,48-,50-,51+,52+,53-/m1/s1. The summed E-state index contributed by atoms with van der Waals surface area (Å²) in [6.45, 7) is 15.1. The molecule has 14 N–H and O–H groups in total. The summed E-state index contributed by atoms with van der Waals surface area (Å²) in [5.41, 5.74) is -1.48. The average molecular weight is 1080 g/mol. The minimum absolute atomic E-state index is 0.0508. The monoisotopic (exact) mass is 1080 g/mol. The molecule has 22 nitrogen and oxygen atoms in total. The average Bonchev–Trinajstić information content (AvgIpc) is 3.75. The Morgan fingerprint density at radius 1 is 0.587 bits per heavy atom. The molecule has 0 aromatic rings. The van der Waals surface area contributed by atoms with E-state index < -0.39 is 165 Å². The van der Waals surface area contributed by atoms with Crippen LogP contribution in [0.15, 0.2) is 11.6 Å². The van der Waals surface area contributed by atoms with Gasteiger partial charge in [-0.2, -0.15) is 0 Å². The van der Waals surface area contributed by atoms with Crippen LogP contribution in [0.4, 0.5) is 0 Å². The van der Waals surface area contributed by atoms with E-state index in [4.69, 9.17) is 37.9 Å². The molecule has 4 aliphatic carbocycles. The molecule has 22 heteroatoms. The van der Waals surface area contributed by atoms with Gasteiger partial charge in [-0.25, -0.2) is 0 Å². The number of allylic oxidation sites excluding steroid dienone is 2.